The molecule has 0 saturated heterocycles. The molecule has 0 aliphatic rings. The average Bonchev–Trinajstić information content (AvgIpc) is 2.30. The minimum atomic E-state index is -1.05. The Morgan fingerprint density at radius 2 is 2.17 bits per heavy atom. The summed E-state index contributed by atoms with van der Waals surface area (Å²) >= 11 is 5.72. The first-order valence-electron chi connectivity index (χ1n) is 5.14. The lowest BCUT2D eigenvalue weighted by Crippen LogP contribution is -2.36. The lowest BCUT2D eigenvalue weighted by Gasteiger charge is -2.12. The van der Waals surface area contributed by atoms with Crippen LogP contribution in [0.25, 0.3) is 0 Å². The fourth-order valence-electron chi connectivity index (χ4n) is 1.24. The molecular weight excluding hydrogens is 263 g/mol. The van der Waals surface area contributed by atoms with Crippen LogP contribution in [0.3, 0.4) is 0 Å². The molecule has 0 radical (unpaired) electrons. The van der Waals surface area contributed by atoms with Gasteiger partial charge in [-0.05, 0) is 18.6 Å². The van der Waals surface area contributed by atoms with Crippen molar-refractivity contribution < 1.29 is 19.1 Å². The molecule has 0 aliphatic carbocycles. The highest BCUT2D eigenvalue weighted by Gasteiger charge is 2.17. The molecule has 0 aliphatic heterocycles. The molecule has 1 amide bonds. The number of rotatable bonds is 5. The van der Waals surface area contributed by atoms with Crippen LogP contribution in [0.4, 0.5) is 10.1 Å². The van der Waals surface area contributed by atoms with Crippen LogP contribution in [0.5, 0.6) is 0 Å². The molecule has 0 bridgehead atoms. The number of aliphatic carboxylic acids is 1. The first kappa shape index (κ1) is 14.4. The zero-order valence-corrected chi connectivity index (χ0v) is 10.1. The van der Waals surface area contributed by atoms with Crippen molar-refractivity contribution in [1.82, 2.24) is 0 Å². The molecule has 1 aromatic carbocycles. The summed E-state index contributed by atoms with van der Waals surface area (Å²) in [5.41, 5.74) is 5.32. The summed E-state index contributed by atoms with van der Waals surface area (Å²) in [5, 5.41) is 10.7. The number of carbonyl (C=O) groups is 2. The Kier molecular flexibility index (Phi) is 5.06. The highest BCUT2D eigenvalue weighted by molar-refractivity contribution is 6.33. The van der Waals surface area contributed by atoms with E-state index in [0.29, 0.717) is 0 Å². The van der Waals surface area contributed by atoms with Crippen LogP contribution in [0.1, 0.15) is 12.8 Å². The van der Waals surface area contributed by atoms with E-state index in [2.05, 4.69) is 5.32 Å². The summed E-state index contributed by atoms with van der Waals surface area (Å²) in [7, 11) is 0. The summed E-state index contributed by atoms with van der Waals surface area (Å²) < 4.78 is 13.4. The van der Waals surface area contributed by atoms with Gasteiger partial charge < -0.3 is 16.2 Å². The Hall–Kier alpha value is -1.66. The molecule has 1 atom stereocenters. The molecule has 98 valence electrons. The Labute approximate surface area is 108 Å². The molecule has 5 nitrogen and oxygen atoms in total. The number of nitrogens with two attached hydrogens (primary N) is 1. The van der Waals surface area contributed by atoms with Crippen LogP contribution in [-0.4, -0.2) is 23.0 Å². The summed E-state index contributed by atoms with van der Waals surface area (Å²) in [4.78, 5) is 21.9. The maximum absolute atomic E-state index is 13.4. The molecule has 1 rings (SSSR count). The quantitative estimate of drug-likeness (QED) is 0.760. The van der Waals surface area contributed by atoms with Crippen LogP contribution in [-0.2, 0) is 9.59 Å². The average molecular weight is 275 g/mol. The van der Waals surface area contributed by atoms with E-state index < -0.39 is 23.7 Å². The summed E-state index contributed by atoms with van der Waals surface area (Å²) in [5.74, 6) is -2.41. The zero-order valence-electron chi connectivity index (χ0n) is 9.32. The first-order valence-corrected chi connectivity index (χ1v) is 5.52. The van der Waals surface area contributed by atoms with Crippen molar-refractivity contribution in [3.8, 4) is 0 Å². The number of carbonyl (C=O) groups excluding carboxylic acids is 1. The number of para-hydroxylation sites is 1. The van der Waals surface area contributed by atoms with Gasteiger partial charge in [-0.2, -0.15) is 0 Å². The van der Waals surface area contributed by atoms with Gasteiger partial charge >= 0.3 is 5.97 Å². The number of carboxylic acids is 1. The van der Waals surface area contributed by atoms with Gasteiger partial charge in [0.25, 0.3) is 0 Å². The summed E-state index contributed by atoms with van der Waals surface area (Å²) in [6.45, 7) is 0. The highest BCUT2D eigenvalue weighted by atomic mass is 35.5. The molecule has 4 N–H and O–H groups in total. The summed E-state index contributed by atoms with van der Waals surface area (Å²) in [6, 6.07) is 2.93. The molecule has 18 heavy (non-hydrogen) atoms. The van der Waals surface area contributed by atoms with Gasteiger partial charge in [-0.15, -0.1) is 0 Å². The number of hydrogen-bond acceptors (Lipinski definition) is 3. The van der Waals surface area contributed by atoms with Crippen LogP contribution in [0.15, 0.2) is 18.2 Å². The summed E-state index contributed by atoms with van der Waals surface area (Å²) in [6.07, 6.45) is -0.271. The predicted octanol–water partition coefficient (Wildman–Crippen LogP) is 1.61. The lowest BCUT2D eigenvalue weighted by molar-refractivity contribution is -0.137. The monoisotopic (exact) mass is 274 g/mol. The van der Waals surface area contributed by atoms with E-state index in [4.69, 9.17) is 22.4 Å². The molecule has 1 unspecified atom stereocenters. The van der Waals surface area contributed by atoms with Crippen LogP contribution >= 0.6 is 11.6 Å². The predicted molar refractivity (Wildman–Crippen MR) is 64.9 cm³/mol. The van der Waals surface area contributed by atoms with Crippen molar-refractivity contribution in [1.29, 1.82) is 0 Å². The maximum atomic E-state index is 13.4. The third-order valence-electron chi connectivity index (χ3n) is 2.22. The number of amides is 1. The van der Waals surface area contributed by atoms with Gasteiger partial charge in [0.1, 0.15) is 5.82 Å². The van der Waals surface area contributed by atoms with E-state index in [-0.39, 0.29) is 23.6 Å². The molecule has 0 fully saturated rings. The van der Waals surface area contributed by atoms with E-state index in [1.807, 2.05) is 0 Å². The zero-order chi connectivity index (χ0) is 13.7. The lowest BCUT2D eigenvalue weighted by atomic mass is 10.1. The number of halogens is 2. The fraction of sp³-hybridized carbons (Fsp3) is 0.273. The number of benzene rings is 1. The van der Waals surface area contributed by atoms with Gasteiger partial charge in [0, 0.05) is 6.42 Å². The molecule has 0 heterocycles. The van der Waals surface area contributed by atoms with Gasteiger partial charge in [0.2, 0.25) is 5.91 Å². The van der Waals surface area contributed by atoms with Crippen molar-refractivity contribution in [2.75, 3.05) is 5.32 Å². The molecule has 1 aromatic rings. The van der Waals surface area contributed by atoms with Crippen molar-refractivity contribution in [3.63, 3.8) is 0 Å². The molecule has 0 saturated carbocycles. The van der Waals surface area contributed by atoms with Crippen LogP contribution in [0.2, 0.25) is 5.02 Å². The van der Waals surface area contributed by atoms with Crippen LogP contribution in [0, 0.1) is 5.82 Å². The van der Waals surface area contributed by atoms with E-state index in [1.54, 1.807) is 0 Å². The second-order valence-electron chi connectivity index (χ2n) is 3.62. The smallest absolute Gasteiger partial charge is 0.303 e. The minimum Gasteiger partial charge on any atom is -0.481 e. The normalized spacial score (nSPS) is 11.9. The minimum absolute atomic E-state index is 0.0345. The molecule has 7 heteroatoms. The number of carboxylic acid groups (broad SMARTS) is 1. The Morgan fingerprint density at radius 1 is 1.50 bits per heavy atom. The first-order chi connectivity index (χ1) is 8.41. The second kappa shape index (κ2) is 6.32. The Morgan fingerprint density at radius 3 is 2.72 bits per heavy atom. The SMILES string of the molecule is NC(CCC(=O)O)C(=O)Nc1c(F)cccc1Cl. The Balaban J connectivity index is 2.67. The van der Waals surface area contributed by atoms with Crippen molar-refractivity contribution in [2.24, 2.45) is 5.73 Å². The topological polar surface area (TPSA) is 92.4 Å². The van der Waals surface area contributed by atoms with E-state index >= 15 is 0 Å². The maximum Gasteiger partial charge on any atom is 0.303 e. The van der Waals surface area contributed by atoms with Crippen molar-refractivity contribution >= 4 is 29.2 Å². The van der Waals surface area contributed by atoms with Gasteiger partial charge in [-0.1, -0.05) is 17.7 Å². The standard InChI is InChI=1S/C11H12ClFN2O3/c12-6-2-1-3-7(13)10(6)15-11(18)8(14)4-5-9(16)17/h1-3,8H,4-5,14H2,(H,15,18)(H,16,17). The second-order valence-corrected chi connectivity index (χ2v) is 4.03. The third-order valence-corrected chi connectivity index (χ3v) is 2.53. The van der Waals surface area contributed by atoms with Gasteiger partial charge in [0.05, 0.1) is 16.8 Å². The van der Waals surface area contributed by atoms with Crippen molar-refractivity contribution in [2.45, 2.75) is 18.9 Å². The third kappa shape index (κ3) is 3.97. The molecule has 0 aromatic heterocycles. The van der Waals surface area contributed by atoms with Crippen molar-refractivity contribution in [3.05, 3.63) is 29.0 Å². The van der Waals surface area contributed by atoms with Gasteiger partial charge in [-0.25, -0.2) is 4.39 Å². The Bertz CT molecular complexity index is 447. The fourth-order valence-corrected chi connectivity index (χ4v) is 1.45. The number of nitrogens with one attached hydrogen (secondary N) is 1. The molecular formula is C11H12ClFN2O3. The number of anilines is 1. The molecule has 0 spiro atoms. The van der Waals surface area contributed by atoms with Crippen LogP contribution < -0.4 is 11.1 Å². The van der Waals surface area contributed by atoms with E-state index in [0.717, 1.165) is 6.07 Å². The number of hydrogen-bond donors (Lipinski definition) is 3. The van der Waals surface area contributed by atoms with E-state index in [1.165, 1.54) is 12.1 Å². The highest BCUT2D eigenvalue weighted by Crippen LogP contribution is 2.24. The van der Waals surface area contributed by atoms with E-state index in [9.17, 15) is 14.0 Å². The van der Waals surface area contributed by atoms with Gasteiger partial charge in [-0.3, -0.25) is 9.59 Å². The van der Waals surface area contributed by atoms with Gasteiger partial charge in [0.15, 0.2) is 0 Å². The largest absolute Gasteiger partial charge is 0.481 e.